The molecule has 28 heavy (non-hydrogen) atoms. The van der Waals surface area contributed by atoms with Gasteiger partial charge in [-0.25, -0.2) is 14.8 Å². The number of nitrogens with one attached hydrogen (secondary N) is 1. The second kappa shape index (κ2) is 7.29. The van der Waals surface area contributed by atoms with Crippen LogP contribution in [-0.4, -0.2) is 21.0 Å². The van der Waals surface area contributed by atoms with Gasteiger partial charge in [-0.2, -0.15) is 0 Å². The highest BCUT2D eigenvalue weighted by Gasteiger charge is 2.11. The summed E-state index contributed by atoms with van der Waals surface area (Å²) in [5, 5.41) is 13.7. The third kappa shape index (κ3) is 3.66. The summed E-state index contributed by atoms with van der Waals surface area (Å²) < 4.78 is 0. The Morgan fingerprint density at radius 3 is 2.36 bits per heavy atom. The van der Waals surface area contributed by atoms with Crippen LogP contribution in [0.5, 0.6) is 0 Å². The fraction of sp³-hybridized carbons (Fsp3) is 0.0455. The number of nitrogens with zero attached hydrogens (tertiary/aromatic N) is 2. The molecular weight excluding hydrogens is 374 g/mol. The van der Waals surface area contributed by atoms with Crippen molar-refractivity contribution in [2.24, 2.45) is 0 Å². The number of benzene rings is 3. The molecule has 138 valence electrons. The van der Waals surface area contributed by atoms with Crippen LogP contribution in [-0.2, 0) is 0 Å². The van der Waals surface area contributed by atoms with Crippen LogP contribution in [0, 0.1) is 6.92 Å². The number of aromatic carboxylic acids is 1. The number of hydrogen-bond acceptors (Lipinski definition) is 4. The number of carboxylic acid groups (broad SMARTS) is 1. The third-order valence-corrected chi connectivity index (χ3v) is 4.60. The largest absolute Gasteiger partial charge is 0.478 e. The second-order valence-electron chi connectivity index (χ2n) is 6.43. The summed E-state index contributed by atoms with van der Waals surface area (Å²) in [7, 11) is 0. The Kier molecular flexibility index (Phi) is 4.67. The first-order valence-electron chi connectivity index (χ1n) is 8.64. The number of aromatic nitrogens is 2. The molecular formula is C22H16ClN3O2. The Balaban J connectivity index is 1.81. The molecule has 0 saturated heterocycles. The van der Waals surface area contributed by atoms with Gasteiger partial charge in [0.1, 0.15) is 5.82 Å². The van der Waals surface area contributed by atoms with Crippen molar-refractivity contribution in [3.63, 3.8) is 0 Å². The summed E-state index contributed by atoms with van der Waals surface area (Å²) in [6.45, 7) is 2.03. The fourth-order valence-corrected chi connectivity index (χ4v) is 3.03. The summed E-state index contributed by atoms with van der Waals surface area (Å²) in [5.74, 6) is 0.234. The lowest BCUT2D eigenvalue weighted by molar-refractivity contribution is 0.0697. The van der Waals surface area contributed by atoms with Crippen LogP contribution in [0.15, 0.2) is 66.7 Å². The van der Waals surface area contributed by atoms with Crippen LogP contribution < -0.4 is 5.32 Å². The first kappa shape index (κ1) is 17.9. The second-order valence-corrected chi connectivity index (χ2v) is 6.87. The van der Waals surface area contributed by atoms with E-state index in [9.17, 15) is 4.79 Å². The van der Waals surface area contributed by atoms with Crippen molar-refractivity contribution in [3.8, 4) is 11.4 Å². The lowest BCUT2D eigenvalue weighted by atomic mass is 10.1. The summed E-state index contributed by atoms with van der Waals surface area (Å²) in [6, 6.07) is 20.0. The normalized spacial score (nSPS) is 10.8. The van der Waals surface area contributed by atoms with Crippen LogP contribution in [0.2, 0.25) is 5.02 Å². The maximum atomic E-state index is 11.1. The fourth-order valence-electron chi connectivity index (χ4n) is 2.86. The van der Waals surface area contributed by atoms with Gasteiger partial charge in [-0.15, -0.1) is 0 Å². The Morgan fingerprint density at radius 1 is 0.964 bits per heavy atom. The smallest absolute Gasteiger partial charge is 0.335 e. The zero-order valence-electron chi connectivity index (χ0n) is 15.0. The van der Waals surface area contributed by atoms with Crippen molar-refractivity contribution in [2.45, 2.75) is 6.92 Å². The van der Waals surface area contributed by atoms with Gasteiger partial charge in [0, 0.05) is 21.7 Å². The van der Waals surface area contributed by atoms with E-state index in [2.05, 4.69) is 10.3 Å². The van der Waals surface area contributed by atoms with E-state index in [0.717, 1.165) is 27.7 Å². The Morgan fingerprint density at radius 2 is 1.68 bits per heavy atom. The Hall–Kier alpha value is -3.44. The highest BCUT2D eigenvalue weighted by molar-refractivity contribution is 6.31. The predicted molar refractivity (Wildman–Crippen MR) is 111 cm³/mol. The van der Waals surface area contributed by atoms with Gasteiger partial charge < -0.3 is 10.4 Å². The van der Waals surface area contributed by atoms with Gasteiger partial charge in [0.25, 0.3) is 0 Å². The van der Waals surface area contributed by atoms with Crippen LogP contribution in [0.4, 0.5) is 11.5 Å². The Labute approximate surface area is 166 Å². The number of fused-ring (bicyclic) bond motifs is 1. The molecule has 4 aromatic rings. The number of hydrogen-bond donors (Lipinski definition) is 2. The number of rotatable bonds is 4. The van der Waals surface area contributed by atoms with Crippen LogP contribution >= 0.6 is 11.6 Å². The molecule has 1 aromatic heterocycles. The lowest BCUT2D eigenvalue weighted by Crippen LogP contribution is -2.00. The molecule has 0 amide bonds. The van der Waals surface area contributed by atoms with Gasteiger partial charge >= 0.3 is 5.97 Å². The third-order valence-electron chi connectivity index (χ3n) is 4.36. The number of carbonyl (C=O) groups is 1. The maximum absolute atomic E-state index is 11.1. The quantitative estimate of drug-likeness (QED) is 0.468. The Bertz CT molecular complexity index is 1170. The molecule has 1 heterocycles. The minimum absolute atomic E-state index is 0.224. The van der Waals surface area contributed by atoms with E-state index in [4.69, 9.17) is 21.7 Å². The lowest BCUT2D eigenvalue weighted by Gasteiger charge is -2.12. The van der Waals surface area contributed by atoms with Crippen molar-refractivity contribution < 1.29 is 9.90 Å². The highest BCUT2D eigenvalue weighted by atomic mass is 35.5. The van der Waals surface area contributed by atoms with E-state index in [1.54, 1.807) is 30.3 Å². The average molecular weight is 390 g/mol. The molecule has 0 aliphatic carbocycles. The molecule has 2 N–H and O–H groups in total. The average Bonchev–Trinajstić information content (AvgIpc) is 2.69. The summed E-state index contributed by atoms with van der Waals surface area (Å²) >= 11 is 6.17. The molecule has 0 atom stereocenters. The maximum Gasteiger partial charge on any atom is 0.335 e. The number of halogens is 1. The zero-order valence-corrected chi connectivity index (χ0v) is 15.7. The molecule has 5 nitrogen and oxygen atoms in total. The molecule has 0 bridgehead atoms. The summed E-state index contributed by atoms with van der Waals surface area (Å²) in [5.41, 5.74) is 3.78. The van der Waals surface area contributed by atoms with E-state index >= 15 is 0 Å². The zero-order chi connectivity index (χ0) is 19.7. The molecule has 0 saturated carbocycles. The summed E-state index contributed by atoms with van der Waals surface area (Å²) in [6.07, 6.45) is 0. The highest BCUT2D eigenvalue weighted by Crippen LogP contribution is 2.29. The molecule has 0 radical (unpaired) electrons. The van der Waals surface area contributed by atoms with Crippen LogP contribution in [0.25, 0.3) is 22.3 Å². The van der Waals surface area contributed by atoms with Gasteiger partial charge in [-0.3, -0.25) is 0 Å². The first-order chi connectivity index (χ1) is 13.5. The topological polar surface area (TPSA) is 75.1 Å². The molecule has 0 aliphatic heterocycles. The molecule has 0 fully saturated rings. The molecule has 0 unspecified atom stereocenters. The molecule has 3 aromatic carbocycles. The first-order valence-corrected chi connectivity index (χ1v) is 9.02. The van der Waals surface area contributed by atoms with E-state index < -0.39 is 5.97 Å². The van der Waals surface area contributed by atoms with Crippen molar-refractivity contribution in [1.82, 2.24) is 9.97 Å². The van der Waals surface area contributed by atoms with E-state index in [-0.39, 0.29) is 5.56 Å². The molecule has 0 aliphatic rings. The summed E-state index contributed by atoms with van der Waals surface area (Å²) in [4.78, 5) is 20.4. The SMILES string of the molecule is Cc1ccc(-c2nc(Nc3ccc(C(=O)O)cc3)c3cc(Cl)ccc3n2)cc1. The molecule has 4 rings (SSSR count). The number of carboxylic acids is 1. The minimum Gasteiger partial charge on any atom is -0.478 e. The van der Waals surface area contributed by atoms with Gasteiger partial charge in [-0.1, -0.05) is 41.4 Å². The van der Waals surface area contributed by atoms with E-state index in [1.807, 2.05) is 43.3 Å². The van der Waals surface area contributed by atoms with Gasteiger partial charge in [0.15, 0.2) is 5.82 Å². The van der Waals surface area contributed by atoms with E-state index in [1.165, 1.54) is 0 Å². The molecule has 0 spiro atoms. The number of anilines is 2. The van der Waals surface area contributed by atoms with Gasteiger partial charge in [-0.05, 0) is 49.4 Å². The monoisotopic (exact) mass is 389 g/mol. The standard InChI is InChI=1S/C22H16ClN3O2/c1-13-2-4-14(5-3-13)20-25-19-11-8-16(23)12-18(19)21(26-20)24-17-9-6-15(7-10-17)22(27)28/h2-12H,1H3,(H,27,28)(H,24,25,26). The van der Waals surface area contributed by atoms with Crippen molar-refractivity contribution in [2.75, 3.05) is 5.32 Å². The van der Waals surface area contributed by atoms with Crippen LogP contribution in [0.1, 0.15) is 15.9 Å². The minimum atomic E-state index is -0.965. The van der Waals surface area contributed by atoms with Gasteiger partial charge in [0.05, 0.1) is 11.1 Å². The number of aryl methyl sites for hydroxylation is 1. The predicted octanol–water partition coefficient (Wildman–Crippen LogP) is 5.70. The van der Waals surface area contributed by atoms with Crippen molar-refractivity contribution in [3.05, 3.63) is 82.9 Å². The van der Waals surface area contributed by atoms with Crippen molar-refractivity contribution >= 4 is 40.0 Å². The van der Waals surface area contributed by atoms with Gasteiger partial charge in [0.2, 0.25) is 0 Å². The van der Waals surface area contributed by atoms with Crippen molar-refractivity contribution in [1.29, 1.82) is 0 Å². The van der Waals surface area contributed by atoms with E-state index in [0.29, 0.717) is 16.7 Å². The van der Waals surface area contributed by atoms with Crippen LogP contribution in [0.3, 0.4) is 0 Å². The molecule has 6 heteroatoms.